The molecule has 0 unspecified atom stereocenters. The van der Waals surface area contributed by atoms with E-state index < -0.39 is 0 Å². The van der Waals surface area contributed by atoms with Crippen LogP contribution >= 0.6 is 0 Å². The maximum atomic E-state index is 11.2. The van der Waals surface area contributed by atoms with Crippen molar-refractivity contribution >= 4 is 5.78 Å². The molecule has 0 aromatic carbocycles. The summed E-state index contributed by atoms with van der Waals surface area (Å²) in [6.45, 7) is 11.5. The van der Waals surface area contributed by atoms with Gasteiger partial charge in [0.05, 0.1) is 0 Å². The first-order chi connectivity index (χ1) is 6.80. The van der Waals surface area contributed by atoms with Crippen molar-refractivity contribution in [1.82, 2.24) is 5.48 Å². The second-order valence-corrected chi connectivity index (χ2v) is 4.72. The molecule has 0 saturated heterocycles. The fourth-order valence-electron chi connectivity index (χ4n) is 1.39. The van der Waals surface area contributed by atoms with E-state index in [0.717, 1.165) is 18.4 Å². The third-order valence-corrected chi connectivity index (χ3v) is 2.08. The minimum Gasteiger partial charge on any atom is -0.405 e. The average Bonchev–Trinajstić information content (AvgIpc) is 2.01. The Hall–Kier alpha value is -0.830. The van der Waals surface area contributed by atoms with Gasteiger partial charge < -0.3 is 4.84 Å². The largest absolute Gasteiger partial charge is 0.405 e. The van der Waals surface area contributed by atoms with E-state index in [-0.39, 0.29) is 11.3 Å². The van der Waals surface area contributed by atoms with E-state index in [0.29, 0.717) is 5.76 Å². The van der Waals surface area contributed by atoms with Gasteiger partial charge in [-0.3, -0.25) is 4.79 Å². The Bertz CT molecular complexity index is 250. The van der Waals surface area contributed by atoms with E-state index in [9.17, 15) is 4.79 Å². The molecule has 0 radical (unpaired) electrons. The highest BCUT2D eigenvalue weighted by atomic mass is 16.7. The second kappa shape index (κ2) is 5.91. The standard InChI is InChI=1S/C12H23NO2/c1-7-8-12(5,6)13-15-11(9(2)3)10(4)14/h13H,7-8H2,1-6H3. The predicted octanol–water partition coefficient (Wildman–Crippen LogP) is 2.97. The molecule has 0 amide bonds. The lowest BCUT2D eigenvalue weighted by atomic mass is 10.0. The normalized spacial score (nSPS) is 11.1. The number of nitrogens with one attached hydrogen (secondary N) is 1. The van der Waals surface area contributed by atoms with Crippen LogP contribution in [-0.4, -0.2) is 11.3 Å². The number of carbonyl (C=O) groups excluding carboxylic acids is 1. The molecule has 0 fully saturated rings. The third-order valence-electron chi connectivity index (χ3n) is 2.08. The zero-order chi connectivity index (χ0) is 12.1. The van der Waals surface area contributed by atoms with E-state index in [1.165, 1.54) is 6.92 Å². The first-order valence-electron chi connectivity index (χ1n) is 5.42. The van der Waals surface area contributed by atoms with Gasteiger partial charge in [0.1, 0.15) is 0 Å². The minimum absolute atomic E-state index is 0.0465. The van der Waals surface area contributed by atoms with Crippen LogP contribution in [0.15, 0.2) is 11.3 Å². The topological polar surface area (TPSA) is 38.3 Å². The minimum atomic E-state index is -0.106. The molecule has 15 heavy (non-hydrogen) atoms. The van der Waals surface area contributed by atoms with E-state index in [1.54, 1.807) is 0 Å². The van der Waals surface area contributed by atoms with Crippen LogP contribution in [0.3, 0.4) is 0 Å². The number of carbonyl (C=O) groups is 1. The van der Waals surface area contributed by atoms with Gasteiger partial charge in [0.2, 0.25) is 0 Å². The fraction of sp³-hybridized carbons (Fsp3) is 0.750. The van der Waals surface area contributed by atoms with Crippen LogP contribution in [0, 0.1) is 0 Å². The molecular weight excluding hydrogens is 190 g/mol. The van der Waals surface area contributed by atoms with Crippen molar-refractivity contribution in [2.45, 2.75) is 59.9 Å². The second-order valence-electron chi connectivity index (χ2n) is 4.72. The summed E-state index contributed by atoms with van der Waals surface area (Å²) < 4.78 is 0. The van der Waals surface area contributed by atoms with Crippen LogP contribution in [0.25, 0.3) is 0 Å². The molecule has 1 N–H and O–H groups in total. The van der Waals surface area contributed by atoms with Crippen LogP contribution in [0.4, 0.5) is 0 Å². The van der Waals surface area contributed by atoms with Gasteiger partial charge in [-0.05, 0) is 39.7 Å². The molecule has 0 aromatic rings. The summed E-state index contributed by atoms with van der Waals surface area (Å²) in [6, 6.07) is 0. The first kappa shape index (κ1) is 14.2. The maximum absolute atomic E-state index is 11.2. The van der Waals surface area contributed by atoms with Crippen molar-refractivity contribution in [2.75, 3.05) is 0 Å². The molecule has 0 atom stereocenters. The van der Waals surface area contributed by atoms with E-state index in [1.807, 2.05) is 13.8 Å². The summed E-state index contributed by atoms with van der Waals surface area (Å²) in [5.41, 5.74) is 3.73. The zero-order valence-corrected chi connectivity index (χ0v) is 10.7. The van der Waals surface area contributed by atoms with Crippen molar-refractivity contribution < 1.29 is 9.63 Å². The van der Waals surface area contributed by atoms with Crippen molar-refractivity contribution in [2.24, 2.45) is 0 Å². The molecule has 0 aromatic heterocycles. The number of rotatable bonds is 6. The summed E-state index contributed by atoms with van der Waals surface area (Å²) in [5.74, 6) is 0.369. The van der Waals surface area contributed by atoms with Crippen LogP contribution in [-0.2, 0) is 9.63 Å². The quantitative estimate of drug-likeness (QED) is 0.419. The lowest BCUT2D eigenvalue weighted by Crippen LogP contribution is -2.39. The summed E-state index contributed by atoms with van der Waals surface area (Å²) in [4.78, 5) is 16.6. The van der Waals surface area contributed by atoms with Crippen molar-refractivity contribution in [3.8, 4) is 0 Å². The molecule has 0 spiro atoms. The Morgan fingerprint density at radius 1 is 1.27 bits per heavy atom. The van der Waals surface area contributed by atoms with Gasteiger partial charge in [-0.15, -0.1) is 0 Å². The zero-order valence-electron chi connectivity index (χ0n) is 10.7. The number of Topliss-reactive ketones (excluding diaryl/α,β-unsaturated/α-hetero) is 1. The maximum Gasteiger partial charge on any atom is 0.196 e. The molecule has 88 valence electrons. The van der Waals surface area contributed by atoms with Crippen LogP contribution in [0.5, 0.6) is 0 Å². The van der Waals surface area contributed by atoms with Gasteiger partial charge >= 0.3 is 0 Å². The molecule has 0 saturated carbocycles. The Morgan fingerprint density at radius 2 is 1.80 bits per heavy atom. The van der Waals surface area contributed by atoms with Crippen LogP contribution < -0.4 is 5.48 Å². The van der Waals surface area contributed by atoms with E-state index in [4.69, 9.17) is 4.84 Å². The van der Waals surface area contributed by atoms with Gasteiger partial charge in [-0.25, -0.2) is 0 Å². The summed E-state index contributed by atoms with van der Waals surface area (Å²) in [7, 11) is 0. The molecule has 0 bridgehead atoms. The number of ketones is 1. The smallest absolute Gasteiger partial charge is 0.196 e. The van der Waals surface area contributed by atoms with Gasteiger partial charge in [0, 0.05) is 12.5 Å². The highest BCUT2D eigenvalue weighted by Gasteiger charge is 2.18. The number of hydrogen-bond donors (Lipinski definition) is 1. The average molecular weight is 213 g/mol. The monoisotopic (exact) mass is 213 g/mol. The van der Waals surface area contributed by atoms with Gasteiger partial charge in [-0.2, -0.15) is 5.48 Å². The first-order valence-corrected chi connectivity index (χ1v) is 5.42. The van der Waals surface area contributed by atoms with Gasteiger partial charge in [-0.1, -0.05) is 13.3 Å². The molecule has 0 heterocycles. The van der Waals surface area contributed by atoms with Crippen molar-refractivity contribution in [3.05, 3.63) is 11.3 Å². The molecular formula is C12H23NO2. The number of allylic oxidation sites excluding steroid dienone is 2. The predicted molar refractivity (Wildman–Crippen MR) is 62.3 cm³/mol. The Balaban J connectivity index is 4.36. The number of hydrogen-bond acceptors (Lipinski definition) is 3. The summed E-state index contributed by atoms with van der Waals surface area (Å²) in [5, 5.41) is 0. The van der Waals surface area contributed by atoms with E-state index >= 15 is 0 Å². The Kier molecular flexibility index (Phi) is 5.58. The van der Waals surface area contributed by atoms with Crippen LogP contribution in [0.2, 0.25) is 0 Å². The SMILES string of the molecule is CCCC(C)(C)NOC(C(C)=O)=C(C)C. The fourth-order valence-corrected chi connectivity index (χ4v) is 1.39. The van der Waals surface area contributed by atoms with Crippen molar-refractivity contribution in [3.63, 3.8) is 0 Å². The highest BCUT2D eigenvalue weighted by molar-refractivity contribution is 5.91. The third kappa shape index (κ3) is 5.57. The van der Waals surface area contributed by atoms with Crippen molar-refractivity contribution in [1.29, 1.82) is 0 Å². The highest BCUT2D eigenvalue weighted by Crippen LogP contribution is 2.13. The Morgan fingerprint density at radius 3 is 2.13 bits per heavy atom. The number of hydroxylamine groups is 1. The lowest BCUT2D eigenvalue weighted by Gasteiger charge is -2.25. The van der Waals surface area contributed by atoms with Crippen LogP contribution in [0.1, 0.15) is 54.4 Å². The van der Waals surface area contributed by atoms with Gasteiger partial charge in [0.15, 0.2) is 11.5 Å². The molecule has 3 nitrogen and oxygen atoms in total. The molecule has 0 aliphatic rings. The molecule has 0 rings (SSSR count). The van der Waals surface area contributed by atoms with Gasteiger partial charge in [0.25, 0.3) is 0 Å². The Labute approximate surface area is 92.8 Å². The van der Waals surface area contributed by atoms with E-state index in [2.05, 4.69) is 26.3 Å². The molecule has 0 aliphatic carbocycles. The molecule has 3 heteroatoms. The summed E-state index contributed by atoms with van der Waals surface area (Å²) >= 11 is 0. The lowest BCUT2D eigenvalue weighted by molar-refractivity contribution is -0.119. The summed E-state index contributed by atoms with van der Waals surface area (Å²) in [6.07, 6.45) is 2.08. The molecule has 0 aliphatic heterocycles.